The van der Waals surface area contributed by atoms with Crippen LogP contribution in [0, 0.1) is 11.6 Å². The third-order valence-corrected chi connectivity index (χ3v) is 2.52. The van der Waals surface area contributed by atoms with Gasteiger partial charge >= 0.3 is 0 Å². The molecule has 0 saturated heterocycles. The second kappa shape index (κ2) is 5.24. The molecule has 1 nitrogen and oxygen atoms in total. The fourth-order valence-corrected chi connectivity index (χ4v) is 1.62. The summed E-state index contributed by atoms with van der Waals surface area (Å²) in [4.78, 5) is 0. The number of halogens is 3. The van der Waals surface area contributed by atoms with Crippen molar-refractivity contribution >= 4 is 11.6 Å². The molecule has 0 spiro atoms. The van der Waals surface area contributed by atoms with Crippen LogP contribution in [-0.4, -0.2) is 0 Å². The molecule has 1 rings (SSSR count). The van der Waals surface area contributed by atoms with E-state index in [2.05, 4.69) is 6.58 Å². The first kappa shape index (κ1) is 12.1. The Kier molecular flexibility index (Phi) is 4.24. The van der Waals surface area contributed by atoms with Gasteiger partial charge in [0.25, 0.3) is 0 Å². The third-order valence-electron chi connectivity index (χ3n) is 2.13. The van der Waals surface area contributed by atoms with E-state index in [1.807, 2.05) is 0 Å². The molecular weight excluding hydrogens is 220 g/mol. The van der Waals surface area contributed by atoms with Crippen molar-refractivity contribution in [1.82, 2.24) is 0 Å². The molecular formula is C11H12ClF2N. The van der Waals surface area contributed by atoms with Gasteiger partial charge in [0.2, 0.25) is 0 Å². The van der Waals surface area contributed by atoms with E-state index < -0.39 is 17.7 Å². The van der Waals surface area contributed by atoms with Crippen molar-refractivity contribution in [2.45, 2.75) is 18.9 Å². The Balaban J connectivity index is 3.01. The fraction of sp³-hybridized carbons (Fsp3) is 0.273. The Morgan fingerprint density at radius 2 is 2.00 bits per heavy atom. The second-order valence-corrected chi connectivity index (χ2v) is 3.61. The maximum Gasteiger partial charge on any atom is 0.142 e. The smallest absolute Gasteiger partial charge is 0.142 e. The monoisotopic (exact) mass is 231 g/mol. The summed E-state index contributed by atoms with van der Waals surface area (Å²) >= 11 is 5.65. The van der Waals surface area contributed by atoms with Crippen molar-refractivity contribution in [1.29, 1.82) is 0 Å². The Labute approximate surface area is 92.5 Å². The largest absolute Gasteiger partial charge is 0.324 e. The van der Waals surface area contributed by atoms with E-state index in [-0.39, 0.29) is 10.6 Å². The fourth-order valence-electron chi connectivity index (χ4n) is 1.32. The van der Waals surface area contributed by atoms with Crippen molar-refractivity contribution < 1.29 is 8.78 Å². The van der Waals surface area contributed by atoms with Crippen LogP contribution in [0.4, 0.5) is 8.78 Å². The molecule has 0 amide bonds. The van der Waals surface area contributed by atoms with Crippen LogP contribution in [0.15, 0.2) is 24.8 Å². The molecule has 0 aromatic heterocycles. The lowest BCUT2D eigenvalue weighted by Gasteiger charge is -2.13. The van der Waals surface area contributed by atoms with Gasteiger partial charge in [0.15, 0.2) is 0 Å². The lowest BCUT2D eigenvalue weighted by atomic mass is 10.0. The summed E-state index contributed by atoms with van der Waals surface area (Å²) in [5.41, 5.74) is 5.75. The zero-order valence-electron chi connectivity index (χ0n) is 8.14. The van der Waals surface area contributed by atoms with Gasteiger partial charge in [-0.1, -0.05) is 17.7 Å². The minimum atomic E-state index is -0.651. The van der Waals surface area contributed by atoms with E-state index in [1.54, 1.807) is 6.08 Å². The minimum absolute atomic E-state index is 0.0403. The SMILES string of the molecule is C=CCC[C@@H](N)c1c(F)ccc(F)c1Cl. The summed E-state index contributed by atoms with van der Waals surface area (Å²) < 4.78 is 26.4. The number of benzene rings is 1. The Morgan fingerprint density at radius 3 is 2.60 bits per heavy atom. The van der Waals surface area contributed by atoms with E-state index >= 15 is 0 Å². The summed E-state index contributed by atoms with van der Waals surface area (Å²) in [6.07, 6.45) is 2.79. The summed E-state index contributed by atoms with van der Waals surface area (Å²) in [6.45, 7) is 3.53. The molecule has 2 N–H and O–H groups in total. The van der Waals surface area contributed by atoms with Gasteiger partial charge in [-0.05, 0) is 25.0 Å². The second-order valence-electron chi connectivity index (χ2n) is 3.23. The Morgan fingerprint density at radius 1 is 1.40 bits per heavy atom. The van der Waals surface area contributed by atoms with Crippen LogP contribution in [-0.2, 0) is 0 Å². The number of allylic oxidation sites excluding steroid dienone is 1. The van der Waals surface area contributed by atoms with Gasteiger partial charge in [-0.2, -0.15) is 0 Å². The average molecular weight is 232 g/mol. The summed E-state index contributed by atoms with van der Waals surface area (Å²) in [6, 6.07) is 1.41. The van der Waals surface area contributed by atoms with Crippen LogP contribution in [0.5, 0.6) is 0 Å². The van der Waals surface area contributed by atoms with Crippen LogP contribution in [0.3, 0.4) is 0 Å². The van der Waals surface area contributed by atoms with Gasteiger partial charge in [0.1, 0.15) is 11.6 Å². The third kappa shape index (κ3) is 2.76. The van der Waals surface area contributed by atoms with E-state index in [0.29, 0.717) is 12.8 Å². The predicted octanol–water partition coefficient (Wildman–Crippen LogP) is 3.58. The molecule has 0 heterocycles. The maximum absolute atomic E-state index is 13.4. The molecule has 0 radical (unpaired) electrons. The molecule has 0 saturated carbocycles. The zero-order chi connectivity index (χ0) is 11.4. The summed E-state index contributed by atoms with van der Waals surface area (Å²) in [5, 5.41) is -0.230. The number of nitrogens with two attached hydrogens (primary N) is 1. The van der Waals surface area contributed by atoms with Gasteiger partial charge in [0.05, 0.1) is 5.02 Å². The number of hydrogen-bond donors (Lipinski definition) is 1. The first-order valence-electron chi connectivity index (χ1n) is 4.57. The van der Waals surface area contributed by atoms with Gasteiger partial charge in [-0.3, -0.25) is 0 Å². The van der Waals surface area contributed by atoms with Crippen molar-refractivity contribution in [2.24, 2.45) is 5.73 Å². The Hall–Kier alpha value is -0.930. The highest BCUT2D eigenvalue weighted by Crippen LogP contribution is 2.29. The number of rotatable bonds is 4. The molecule has 4 heteroatoms. The molecule has 1 aromatic carbocycles. The molecule has 0 aliphatic rings. The normalized spacial score (nSPS) is 12.5. The quantitative estimate of drug-likeness (QED) is 0.622. The lowest BCUT2D eigenvalue weighted by molar-refractivity contribution is 0.550. The standard InChI is InChI=1S/C11H12ClF2N/c1-2-3-4-9(15)10-7(13)5-6-8(14)11(10)12/h2,5-6,9H,1,3-4,15H2/t9-/m1/s1. The maximum atomic E-state index is 13.4. The van der Waals surface area contributed by atoms with Crippen molar-refractivity contribution in [2.75, 3.05) is 0 Å². The molecule has 82 valence electrons. The van der Waals surface area contributed by atoms with Crippen LogP contribution in [0.1, 0.15) is 24.4 Å². The van der Waals surface area contributed by atoms with E-state index in [1.165, 1.54) is 0 Å². The van der Waals surface area contributed by atoms with E-state index in [4.69, 9.17) is 17.3 Å². The van der Waals surface area contributed by atoms with Gasteiger partial charge in [0, 0.05) is 11.6 Å². The molecule has 0 bridgehead atoms. The van der Waals surface area contributed by atoms with Crippen LogP contribution in [0.2, 0.25) is 5.02 Å². The van der Waals surface area contributed by atoms with Crippen molar-refractivity contribution in [3.8, 4) is 0 Å². The van der Waals surface area contributed by atoms with E-state index in [9.17, 15) is 8.78 Å². The molecule has 0 unspecified atom stereocenters. The highest BCUT2D eigenvalue weighted by Gasteiger charge is 2.17. The molecule has 0 fully saturated rings. The van der Waals surface area contributed by atoms with Gasteiger partial charge < -0.3 is 5.73 Å². The van der Waals surface area contributed by atoms with Crippen molar-refractivity contribution in [3.05, 3.63) is 47.0 Å². The predicted molar refractivity (Wildman–Crippen MR) is 57.7 cm³/mol. The minimum Gasteiger partial charge on any atom is -0.324 e. The highest BCUT2D eigenvalue weighted by atomic mass is 35.5. The highest BCUT2D eigenvalue weighted by molar-refractivity contribution is 6.31. The molecule has 1 atom stereocenters. The van der Waals surface area contributed by atoms with Crippen LogP contribution in [0.25, 0.3) is 0 Å². The number of hydrogen-bond acceptors (Lipinski definition) is 1. The topological polar surface area (TPSA) is 26.0 Å². The van der Waals surface area contributed by atoms with E-state index in [0.717, 1.165) is 12.1 Å². The van der Waals surface area contributed by atoms with Gasteiger partial charge in [-0.15, -0.1) is 6.58 Å². The molecule has 1 aromatic rings. The lowest BCUT2D eigenvalue weighted by Crippen LogP contribution is -2.13. The van der Waals surface area contributed by atoms with Gasteiger partial charge in [-0.25, -0.2) is 8.78 Å². The first-order chi connectivity index (χ1) is 7.07. The molecule has 15 heavy (non-hydrogen) atoms. The first-order valence-corrected chi connectivity index (χ1v) is 4.95. The average Bonchev–Trinajstić information content (AvgIpc) is 2.21. The molecule has 0 aliphatic carbocycles. The Bertz CT molecular complexity index is 366. The van der Waals surface area contributed by atoms with Crippen LogP contribution >= 0.6 is 11.6 Å². The summed E-state index contributed by atoms with van der Waals surface area (Å²) in [7, 11) is 0. The zero-order valence-corrected chi connectivity index (χ0v) is 8.90. The van der Waals surface area contributed by atoms with Crippen molar-refractivity contribution in [3.63, 3.8) is 0 Å². The summed E-state index contributed by atoms with van der Waals surface area (Å²) in [5.74, 6) is -1.22. The molecule has 0 aliphatic heterocycles. The van der Waals surface area contributed by atoms with Crippen LogP contribution < -0.4 is 5.73 Å².